The molecule has 1 atom stereocenters. The minimum Gasteiger partial charge on any atom is -0.361 e. The SMILES string of the molecule is CC1(C)CCC2=C(C1=O)C(c1ccc(C(F)(F)F)c(F)c1)C1=C(CCS1)N2. The van der Waals surface area contributed by atoms with Gasteiger partial charge < -0.3 is 5.32 Å². The summed E-state index contributed by atoms with van der Waals surface area (Å²) < 4.78 is 53.1. The van der Waals surface area contributed by atoms with Gasteiger partial charge in [-0.2, -0.15) is 13.2 Å². The van der Waals surface area contributed by atoms with Gasteiger partial charge in [0, 0.05) is 39.0 Å². The zero-order valence-corrected chi connectivity index (χ0v) is 15.8. The average molecular weight is 397 g/mol. The minimum atomic E-state index is -4.74. The number of carbonyl (C=O) groups is 1. The molecule has 1 aromatic carbocycles. The van der Waals surface area contributed by atoms with E-state index >= 15 is 0 Å². The molecule has 7 heteroatoms. The normalized spacial score (nSPS) is 24.7. The van der Waals surface area contributed by atoms with E-state index in [-0.39, 0.29) is 5.78 Å². The second-order valence-electron chi connectivity index (χ2n) is 7.84. The summed E-state index contributed by atoms with van der Waals surface area (Å²) in [6.45, 7) is 3.77. The predicted molar refractivity (Wildman–Crippen MR) is 96.4 cm³/mol. The molecule has 0 bridgehead atoms. The monoisotopic (exact) mass is 397 g/mol. The summed E-state index contributed by atoms with van der Waals surface area (Å²) in [6, 6.07) is 3.04. The molecule has 2 aliphatic heterocycles. The number of hydrogen-bond donors (Lipinski definition) is 1. The van der Waals surface area contributed by atoms with Crippen LogP contribution < -0.4 is 5.32 Å². The standard InChI is InChI=1S/C20H19F4NOS/c1-19(2)7-5-13-16(18(19)26)15(17-14(25-13)6-8-27-17)10-3-4-11(12(21)9-10)20(22,23)24/h3-4,9,15,25H,5-8H2,1-2H3. The van der Waals surface area contributed by atoms with E-state index in [9.17, 15) is 22.4 Å². The van der Waals surface area contributed by atoms with Gasteiger partial charge in [-0.1, -0.05) is 19.9 Å². The van der Waals surface area contributed by atoms with E-state index in [1.54, 1.807) is 11.8 Å². The van der Waals surface area contributed by atoms with Crippen LogP contribution in [0.2, 0.25) is 0 Å². The molecule has 0 spiro atoms. The van der Waals surface area contributed by atoms with E-state index in [0.29, 0.717) is 24.0 Å². The number of hydrogen-bond acceptors (Lipinski definition) is 3. The Morgan fingerprint density at radius 2 is 1.93 bits per heavy atom. The Morgan fingerprint density at radius 1 is 1.19 bits per heavy atom. The summed E-state index contributed by atoms with van der Waals surface area (Å²) in [5, 5.41) is 3.38. The van der Waals surface area contributed by atoms with Gasteiger partial charge in [0.25, 0.3) is 0 Å². The maximum Gasteiger partial charge on any atom is 0.419 e. The van der Waals surface area contributed by atoms with Crippen LogP contribution in [0.1, 0.15) is 50.2 Å². The Balaban J connectivity index is 1.85. The highest BCUT2D eigenvalue weighted by Gasteiger charge is 2.45. The molecular weight excluding hydrogens is 378 g/mol. The zero-order valence-electron chi connectivity index (χ0n) is 15.0. The highest BCUT2D eigenvalue weighted by molar-refractivity contribution is 8.03. The van der Waals surface area contributed by atoms with Crippen LogP contribution in [0, 0.1) is 11.2 Å². The molecule has 144 valence electrons. The number of alkyl halides is 3. The summed E-state index contributed by atoms with van der Waals surface area (Å²) in [5.41, 5.74) is 1.02. The molecule has 2 nitrogen and oxygen atoms in total. The molecule has 27 heavy (non-hydrogen) atoms. The molecule has 0 fully saturated rings. The first kappa shape index (κ1) is 18.6. The van der Waals surface area contributed by atoms with Crippen LogP contribution in [-0.4, -0.2) is 11.5 Å². The lowest BCUT2D eigenvalue weighted by Gasteiger charge is -2.39. The third-order valence-electron chi connectivity index (χ3n) is 5.58. The second-order valence-corrected chi connectivity index (χ2v) is 8.98. The van der Waals surface area contributed by atoms with Crippen LogP contribution in [0.3, 0.4) is 0 Å². The van der Waals surface area contributed by atoms with Crippen molar-refractivity contribution in [1.82, 2.24) is 5.32 Å². The molecule has 0 saturated carbocycles. The smallest absolute Gasteiger partial charge is 0.361 e. The van der Waals surface area contributed by atoms with Gasteiger partial charge in [0.05, 0.1) is 5.56 Å². The van der Waals surface area contributed by atoms with Crippen molar-refractivity contribution < 1.29 is 22.4 Å². The summed E-state index contributed by atoms with van der Waals surface area (Å²) in [4.78, 5) is 14.1. The molecule has 0 aromatic heterocycles. The van der Waals surface area contributed by atoms with Gasteiger partial charge in [-0.05, 0) is 37.0 Å². The first-order chi connectivity index (χ1) is 12.6. The fourth-order valence-corrected chi connectivity index (χ4v) is 5.32. The molecule has 1 aliphatic carbocycles. The van der Waals surface area contributed by atoms with Crippen LogP contribution in [-0.2, 0) is 11.0 Å². The third kappa shape index (κ3) is 3.00. The number of carbonyl (C=O) groups excluding carboxylic acids is 1. The second kappa shape index (κ2) is 6.12. The predicted octanol–water partition coefficient (Wildman–Crippen LogP) is 5.52. The number of nitrogens with one attached hydrogen (secondary N) is 1. The summed E-state index contributed by atoms with van der Waals surface area (Å²) in [6.07, 6.45) is -2.51. The highest BCUT2D eigenvalue weighted by Crippen LogP contribution is 2.52. The van der Waals surface area contributed by atoms with Crippen molar-refractivity contribution in [1.29, 1.82) is 0 Å². The molecule has 4 rings (SSSR count). The van der Waals surface area contributed by atoms with Crippen molar-refractivity contribution in [3.63, 3.8) is 0 Å². The molecule has 0 amide bonds. The minimum absolute atomic E-state index is 0.0133. The molecule has 0 saturated heterocycles. The van der Waals surface area contributed by atoms with Gasteiger partial charge in [-0.25, -0.2) is 4.39 Å². The van der Waals surface area contributed by atoms with Crippen molar-refractivity contribution in [2.75, 3.05) is 5.75 Å². The maximum absolute atomic E-state index is 14.3. The van der Waals surface area contributed by atoms with E-state index in [4.69, 9.17) is 0 Å². The molecule has 1 unspecified atom stereocenters. The number of benzene rings is 1. The van der Waals surface area contributed by atoms with Gasteiger partial charge in [-0.3, -0.25) is 4.79 Å². The van der Waals surface area contributed by atoms with E-state index < -0.39 is 28.9 Å². The summed E-state index contributed by atoms with van der Waals surface area (Å²) in [5.74, 6) is -0.961. The number of allylic oxidation sites excluding steroid dienone is 4. The first-order valence-electron chi connectivity index (χ1n) is 8.87. The van der Waals surface area contributed by atoms with E-state index in [1.165, 1.54) is 6.07 Å². The van der Waals surface area contributed by atoms with Crippen molar-refractivity contribution in [2.45, 2.75) is 45.2 Å². The van der Waals surface area contributed by atoms with Crippen molar-refractivity contribution in [3.05, 3.63) is 57.0 Å². The largest absolute Gasteiger partial charge is 0.419 e. The average Bonchev–Trinajstić information content (AvgIpc) is 3.03. The van der Waals surface area contributed by atoms with Gasteiger partial charge in [-0.15, -0.1) is 11.8 Å². The Hall–Kier alpha value is -1.76. The Kier molecular flexibility index (Phi) is 4.22. The molecular formula is C20H19F4NOS. The lowest BCUT2D eigenvalue weighted by Crippen LogP contribution is -2.38. The number of rotatable bonds is 1. The van der Waals surface area contributed by atoms with Crippen molar-refractivity contribution in [2.24, 2.45) is 5.41 Å². The maximum atomic E-state index is 14.3. The highest BCUT2D eigenvalue weighted by atomic mass is 32.2. The molecule has 0 radical (unpaired) electrons. The quantitative estimate of drug-likeness (QED) is 0.633. The fraction of sp³-hybridized carbons (Fsp3) is 0.450. The molecule has 2 heterocycles. The third-order valence-corrected chi connectivity index (χ3v) is 6.78. The van der Waals surface area contributed by atoms with Crippen LogP contribution in [0.15, 0.2) is 40.1 Å². The van der Waals surface area contributed by atoms with Gasteiger partial charge in [0.1, 0.15) is 5.82 Å². The Morgan fingerprint density at radius 3 is 2.59 bits per heavy atom. The van der Waals surface area contributed by atoms with Crippen LogP contribution in [0.25, 0.3) is 0 Å². The molecule has 1 N–H and O–H groups in total. The molecule has 1 aromatic rings. The van der Waals surface area contributed by atoms with Crippen LogP contribution in [0.4, 0.5) is 17.6 Å². The molecule has 3 aliphatic rings. The topological polar surface area (TPSA) is 29.1 Å². The number of dihydropyridines is 1. The van der Waals surface area contributed by atoms with Gasteiger partial charge in [0.15, 0.2) is 5.78 Å². The van der Waals surface area contributed by atoms with Crippen LogP contribution in [0.5, 0.6) is 0 Å². The van der Waals surface area contributed by atoms with Gasteiger partial charge >= 0.3 is 6.18 Å². The Labute approximate surface area is 159 Å². The Bertz CT molecular complexity index is 898. The first-order valence-corrected chi connectivity index (χ1v) is 9.85. The van der Waals surface area contributed by atoms with Crippen molar-refractivity contribution in [3.8, 4) is 0 Å². The number of thioether (sulfide) groups is 1. The van der Waals surface area contributed by atoms with E-state index in [0.717, 1.165) is 40.6 Å². The number of halogens is 4. The van der Waals surface area contributed by atoms with E-state index in [2.05, 4.69) is 5.32 Å². The lowest BCUT2D eigenvalue weighted by atomic mass is 9.69. The summed E-state index contributed by atoms with van der Waals surface area (Å²) in [7, 11) is 0. The zero-order chi connectivity index (χ0) is 19.6. The van der Waals surface area contributed by atoms with Crippen LogP contribution >= 0.6 is 11.8 Å². The summed E-state index contributed by atoms with van der Waals surface area (Å²) >= 11 is 1.59. The van der Waals surface area contributed by atoms with E-state index in [1.807, 2.05) is 13.8 Å². The number of Topliss-reactive ketones (excluding diaryl/α,β-unsaturated/α-hetero) is 1. The van der Waals surface area contributed by atoms with Crippen molar-refractivity contribution >= 4 is 17.5 Å². The lowest BCUT2D eigenvalue weighted by molar-refractivity contribution is -0.140. The van der Waals surface area contributed by atoms with Gasteiger partial charge in [0.2, 0.25) is 0 Å². The number of ketones is 1. The fourth-order valence-electron chi connectivity index (χ4n) is 4.05.